The molecule has 5 rings (SSSR count). The van der Waals surface area contributed by atoms with Gasteiger partial charge in [0.2, 0.25) is 0 Å². The maximum Gasteiger partial charge on any atom is 0.410 e. The van der Waals surface area contributed by atoms with E-state index < -0.39 is 5.60 Å². The number of hydrogen-bond donors (Lipinski definition) is 2. The van der Waals surface area contributed by atoms with Gasteiger partial charge in [-0.1, -0.05) is 30.3 Å². The van der Waals surface area contributed by atoms with Gasteiger partial charge in [-0.05, 0) is 69.9 Å². The predicted molar refractivity (Wildman–Crippen MR) is 138 cm³/mol. The van der Waals surface area contributed by atoms with E-state index >= 15 is 0 Å². The summed E-state index contributed by atoms with van der Waals surface area (Å²) in [4.78, 5) is 22.6. The lowest BCUT2D eigenvalue weighted by Gasteiger charge is -2.27. The summed E-state index contributed by atoms with van der Waals surface area (Å²) in [5, 5.41) is 3.36. The first-order chi connectivity index (χ1) is 16.8. The molecule has 0 bridgehead atoms. The van der Waals surface area contributed by atoms with Crippen molar-refractivity contribution in [2.24, 2.45) is 0 Å². The first kappa shape index (κ1) is 23.0. The van der Waals surface area contributed by atoms with Gasteiger partial charge in [-0.15, -0.1) is 0 Å². The van der Waals surface area contributed by atoms with E-state index in [1.165, 1.54) is 0 Å². The van der Waals surface area contributed by atoms with Gasteiger partial charge >= 0.3 is 6.09 Å². The lowest BCUT2D eigenvalue weighted by Crippen LogP contribution is -2.36. The Morgan fingerprint density at radius 2 is 2.03 bits per heavy atom. The van der Waals surface area contributed by atoms with Gasteiger partial charge in [0.05, 0.1) is 17.9 Å². The number of hydrogen-bond acceptors (Lipinski definition) is 5. The lowest BCUT2D eigenvalue weighted by atomic mass is 10.0. The number of nitrogens with zero attached hydrogens (tertiary/aromatic N) is 2. The molecule has 0 radical (unpaired) electrons. The second-order valence-corrected chi connectivity index (χ2v) is 10.1. The molecule has 1 atom stereocenters. The van der Waals surface area contributed by atoms with Gasteiger partial charge in [-0.25, -0.2) is 9.78 Å². The van der Waals surface area contributed by atoms with Crippen molar-refractivity contribution in [2.45, 2.75) is 52.2 Å². The Hall–Kier alpha value is -3.74. The third-order valence-corrected chi connectivity index (χ3v) is 6.33. The number of allylic oxidation sites excluding steroid dienone is 1. The van der Waals surface area contributed by atoms with E-state index in [2.05, 4.69) is 52.5 Å². The molecule has 1 unspecified atom stereocenters. The molecule has 3 heterocycles. The molecule has 2 aliphatic heterocycles. The molecule has 2 aliphatic rings. The van der Waals surface area contributed by atoms with Crippen LogP contribution in [0.2, 0.25) is 0 Å². The van der Waals surface area contributed by atoms with Crippen molar-refractivity contribution in [3.8, 4) is 17.0 Å². The average Bonchev–Trinajstić information content (AvgIpc) is 3.49. The zero-order chi connectivity index (χ0) is 24.6. The number of aromatic nitrogens is 2. The number of likely N-dealkylation sites (tertiary alicyclic amines) is 1. The van der Waals surface area contributed by atoms with Crippen LogP contribution in [-0.2, 0) is 4.74 Å². The van der Waals surface area contributed by atoms with Gasteiger partial charge in [0, 0.05) is 23.4 Å². The Morgan fingerprint density at radius 3 is 2.86 bits per heavy atom. The Bertz CT molecular complexity index is 1270. The van der Waals surface area contributed by atoms with Crippen molar-refractivity contribution >= 4 is 23.4 Å². The standard InChI is InChI=1S/C28H32N4O3/c1-18-14-19-8-5-6-9-22(19)30-17-34-25-15-20(11-12-21(18)25)23-16-29-26(31-23)24-10-7-13-32(24)27(33)35-28(2,3)4/h5-6,8-9,11-12,14-16,24,30H,7,10,13,17H2,1-4H3,(H,29,31)/b18-14+. The molecule has 1 amide bonds. The van der Waals surface area contributed by atoms with Crippen LogP contribution < -0.4 is 10.1 Å². The van der Waals surface area contributed by atoms with E-state index in [-0.39, 0.29) is 12.1 Å². The molecular weight excluding hydrogens is 440 g/mol. The summed E-state index contributed by atoms with van der Waals surface area (Å²) < 4.78 is 11.8. The summed E-state index contributed by atoms with van der Waals surface area (Å²) in [7, 11) is 0. The summed E-state index contributed by atoms with van der Waals surface area (Å²) in [6.45, 7) is 8.80. The fourth-order valence-corrected chi connectivity index (χ4v) is 4.66. The first-order valence-corrected chi connectivity index (χ1v) is 12.1. The van der Waals surface area contributed by atoms with Gasteiger partial charge < -0.3 is 19.8 Å². The summed E-state index contributed by atoms with van der Waals surface area (Å²) in [6, 6.07) is 14.3. The average molecular weight is 473 g/mol. The van der Waals surface area contributed by atoms with Crippen LogP contribution in [0.25, 0.3) is 22.9 Å². The van der Waals surface area contributed by atoms with Gasteiger partial charge in [0.25, 0.3) is 0 Å². The van der Waals surface area contributed by atoms with Gasteiger partial charge in [0.15, 0.2) is 6.73 Å². The number of benzene rings is 2. The molecular formula is C28H32N4O3. The summed E-state index contributed by atoms with van der Waals surface area (Å²) in [5.74, 6) is 1.59. The van der Waals surface area contributed by atoms with Crippen LogP contribution in [0.3, 0.4) is 0 Å². The molecule has 0 aliphatic carbocycles. The number of nitrogens with one attached hydrogen (secondary N) is 2. The molecule has 1 fully saturated rings. The second kappa shape index (κ2) is 9.13. The van der Waals surface area contributed by atoms with Crippen LogP contribution in [0.5, 0.6) is 5.75 Å². The zero-order valence-electron chi connectivity index (χ0n) is 20.7. The minimum Gasteiger partial charge on any atom is -0.473 e. The molecule has 1 aromatic heterocycles. The SMILES string of the molecule is C/C1=C\c2ccccc2NCOc2cc(-c3cnc(C4CCCN4C(=O)OC(C)(C)C)[nH]3)ccc21. The van der Waals surface area contributed by atoms with E-state index in [4.69, 9.17) is 9.47 Å². The van der Waals surface area contributed by atoms with Crippen molar-refractivity contribution in [2.75, 3.05) is 18.6 Å². The molecule has 0 spiro atoms. The minimum atomic E-state index is -0.527. The zero-order valence-corrected chi connectivity index (χ0v) is 20.7. The molecule has 35 heavy (non-hydrogen) atoms. The summed E-state index contributed by atoms with van der Waals surface area (Å²) in [5.41, 5.74) is 5.71. The summed E-state index contributed by atoms with van der Waals surface area (Å²) >= 11 is 0. The molecule has 0 saturated carbocycles. The third-order valence-electron chi connectivity index (χ3n) is 6.33. The predicted octanol–water partition coefficient (Wildman–Crippen LogP) is 6.47. The third kappa shape index (κ3) is 4.90. The number of H-pyrrole nitrogens is 1. The van der Waals surface area contributed by atoms with Crippen LogP contribution in [0.4, 0.5) is 10.5 Å². The molecule has 3 aromatic rings. The molecule has 2 N–H and O–H groups in total. The molecule has 2 aromatic carbocycles. The fraction of sp³-hybridized carbons (Fsp3) is 0.357. The van der Waals surface area contributed by atoms with E-state index in [0.717, 1.165) is 58.1 Å². The highest BCUT2D eigenvalue weighted by Crippen LogP contribution is 2.36. The van der Waals surface area contributed by atoms with Crippen LogP contribution in [0.1, 0.15) is 63.5 Å². The van der Waals surface area contributed by atoms with E-state index in [0.29, 0.717) is 13.3 Å². The first-order valence-electron chi connectivity index (χ1n) is 12.1. The quantitative estimate of drug-likeness (QED) is 0.447. The van der Waals surface area contributed by atoms with Crippen molar-refractivity contribution in [3.63, 3.8) is 0 Å². The van der Waals surface area contributed by atoms with Crippen molar-refractivity contribution in [3.05, 3.63) is 65.6 Å². The Balaban J connectivity index is 1.40. The van der Waals surface area contributed by atoms with Crippen LogP contribution in [0.15, 0.2) is 48.7 Å². The Morgan fingerprint density at radius 1 is 1.20 bits per heavy atom. The number of fused-ring (bicyclic) bond motifs is 2. The number of carbonyl (C=O) groups excluding carboxylic acids is 1. The highest BCUT2D eigenvalue weighted by atomic mass is 16.6. The number of para-hydroxylation sites is 1. The number of amides is 1. The van der Waals surface area contributed by atoms with Crippen molar-refractivity contribution in [1.82, 2.24) is 14.9 Å². The van der Waals surface area contributed by atoms with Crippen molar-refractivity contribution < 1.29 is 14.3 Å². The Labute approximate surface area is 206 Å². The smallest absolute Gasteiger partial charge is 0.410 e. The number of aromatic amines is 1. The fourth-order valence-electron chi connectivity index (χ4n) is 4.66. The van der Waals surface area contributed by atoms with Crippen LogP contribution >= 0.6 is 0 Å². The Kier molecular flexibility index (Phi) is 6.01. The maximum atomic E-state index is 12.7. The minimum absolute atomic E-state index is 0.115. The molecule has 182 valence electrons. The normalized spacial score (nSPS) is 19.1. The molecule has 1 saturated heterocycles. The monoisotopic (exact) mass is 472 g/mol. The highest BCUT2D eigenvalue weighted by molar-refractivity contribution is 5.87. The van der Waals surface area contributed by atoms with Crippen molar-refractivity contribution in [1.29, 1.82) is 0 Å². The number of rotatable bonds is 2. The summed E-state index contributed by atoms with van der Waals surface area (Å²) in [6.07, 6.45) is 5.49. The molecule has 7 heteroatoms. The number of ether oxygens (including phenoxy) is 2. The van der Waals surface area contributed by atoms with Crippen LogP contribution in [-0.4, -0.2) is 39.8 Å². The van der Waals surface area contributed by atoms with Gasteiger partial charge in [0.1, 0.15) is 17.2 Å². The molecule has 7 nitrogen and oxygen atoms in total. The lowest BCUT2D eigenvalue weighted by molar-refractivity contribution is 0.0218. The number of imidazole rings is 1. The highest BCUT2D eigenvalue weighted by Gasteiger charge is 2.34. The second-order valence-electron chi connectivity index (χ2n) is 10.1. The van der Waals surface area contributed by atoms with Gasteiger partial charge in [-0.2, -0.15) is 0 Å². The van der Waals surface area contributed by atoms with E-state index in [1.54, 1.807) is 4.90 Å². The maximum absolute atomic E-state index is 12.7. The van der Waals surface area contributed by atoms with E-state index in [1.807, 2.05) is 45.2 Å². The van der Waals surface area contributed by atoms with E-state index in [9.17, 15) is 4.79 Å². The number of anilines is 1. The van der Waals surface area contributed by atoms with Crippen LogP contribution in [0, 0.1) is 0 Å². The largest absolute Gasteiger partial charge is 0.473 e. The number of carbonyl (C=O) groups is 1. The topological polar surface area (TPSA) is 79.5 Å². The van der Waals surface area contributed by atoms with Gasteiger partial charge in [-0.3, -0.25) is 4.90 Å².